The minimum absolute atomic E-state index is 0.133. The number of aliphatic imine (C=N–C) groups is 1. The Labute approximate surface area is 193 Å². The highest BCUT2D eigenvalue weighted by Crippen LogP contribution is 2.46. The predicted molar refractivity (Wildman–Crippen MR) is 135 cm³/mol. The van der Waals surface area contributed by atoms with Crippen LogP contribution in [0, 0.1) is 0 Å². The molecule has 0 amide bonds. The van der Waals surface area contributed by atoms with Gasteiger partial charge in [0.1, 0.15) is 6.61 Å². The molecule has 2 aromatic carbocycles. The van der Waals surface area contributed by atoms with Gasteiger partial charge in [0.25, 0.3) is 0 Å². The minimum Gasteiger partial charge on any atom is -0.479 e. The van der Waals surface area contributed by atoms with Crippen LogP contribution in [0.5, 0.6) is 0 Å². The van der Waals surface area contributed by atoms with Crippen molar-refractivity contribution in [2.45, 2.75) is 50.0 Å². The number of fused-ring (bicyclic) bond motifs is 2. The monoisotopic (exact) mass is 457 g/mol. The van der Waals surface area contributed by atoms with Crippen LogP contribution in [0.1, 0.15) is 56.2 Å². The van der Waals surface area contributed by atoms with Crippen molar-refractivity contribution in [1.82, 2.24) is 5.32 Å². The zero-order valence-electron chi connectivity index (χ0n) is 18.4. The number of halogens is 1. The number of rotatable bonds is 8. The first kappa shape index (κ1) is 22.4. The zero-order valence-corrected chi connectivity index (χ0v) is 20.0. The van der Waals surface area contributed by atoms with Gasteiger partial charge in [-0.1, -0.05) is 59.4 Å². The van der Waals surface area contributed by atoms with Gasteiger partial charge >= 0.3 is 0 Å². The van der Waals surface area contributed by atoms with E-state index in [1.807, 2.05) is 6.07 Å². The van der Waals surface area contributed by atoms with E-state index in [1.165, 1.54) is 34.6 Å². The molecule has 4 rings (SSSR count). The van der Waals surface area contributed by atoms with E-state index in [0.29, 0.717) is 0 Å². The topological polar surface area (TPSA) is 36.9 Å². The molecule has 2 atom stereocenters. The van der Waals surface area contributed by atoms with E-state index in [-0.39, 0.29) is 16.7 Å². The van der Waals surface area contributed by atoms with Crippen molar-refractivity contribution >= 4 is 39.2 Å². The van der Waals surface area contributed by atoms with Gasteiger partial charge in [0.15, 0.2) is 5.90 Å². The van der Waals surface area contributed by atoms with Crippen molar-refractivity contribution in [2.24, 2.45) is 4.99 Å². The predicted octanol–water partition coefficient (Wildman–Crippen LogP) is 6.21. The van der Waals surface area contributed by atoms with Gasteiger partial charge in [0.05, 0.1) is 18.3 Å². The molecule has 2 unspecified atom stereocenters. The normalized spacial score (nSPS) is 20.1. The van der Waals surface area contributed by atoms with E-state index in [4.69, 9.17) is 16.3 Å². The lowest BCUT2D eigenvalue weighted by Gasteiger charge is -2.24. The lowest BCUT2D eigenvalue weighted by Crippen LogP contribution is -2.24. The number of ether oxygens (including phenoxy) is 1. The Balaban J connectivity index is 1.45. The van der Waals surface area contributed by atoms with Crippen LogP contribution in [0.2, 0.25) is 5.02 Å². The van der Waals surface area contributed by atoms with Crippen molar-refractivity contribution in [1.29, 1.82) is 0 Å². The summed E-state index contributed by atoms with van der Waals surface area (Å²) in [7, 11) is 2.05. The third kappa shape index (κ3) is 5.16. The fourth-order valence-electron chi connectivity index (χ4n) is 4.40. The molecule has 2 aliphatic rings. The fraction of sp³-hybridized carbons (Fsp3) is 0.440. The minimum atomic E-state index is -0.133. The summed E-state index contributed by atoms with van der Waals surface area (Å²) in [6, 6.07) is 15.3. The maximum atomic E-state index is 6.42. The maximum Gasteiger partial charge on any atom is 0.183 e. The van der Waals surface area contributed by atoms with Crippen LogP contribution in [-0.2, 0) is 4.74 Å². The standard InChI is InChI=1S/C25H32ClN3OS/c1-3-31-23-18-19(26)13-14-21(23)25(20-10-7-8-11-22(20)29(31)2)28-15-9-5-4-6-12-24-27-16-17-30-24/h3,7-8,10-11,13-14,18,25,28H,4-6,9,12,15-17H2,1-2H3. The third-order valence-corrected chi connectivity index (χ3v) is 8.20. The fourth-order valence-corrected chi connectivity index (χ4v) is 6.56. The van der Waals surface area contributed by atoms with Crippen LogP contribution in [0.4, 0.5) is 5.69 Å². The average molecular weight is 458 g/mol. The summed E-state index contributed by atoms with van der Waals surface area (Å²) >= 11 is 6.42. The highest BCUT2D eigenvalue weighted by molar-refractivity contribution is 8.16. The second-order valence-electron chi connectivity index (χ2n) is 7.96. The Morgan fingerprint density at radius 2 is 2.00 bits per heavy atom. The van der Waals surface area contributed by atoms with Crippen LogP contribution >= 0.6 is 22.3 Å². The SMILES string of the molecule is C/C=S1/c2cc(Cl)ccc2C(NCCCCCCC2=NCCO2)c2ccccc2N1C. The highest BCUT2D eigenvalue weighted by Gasteiger charge is 2.27. The van der Waals surface area contributed by atoms with Crippen LogP contribution in [-0.4, -0.2) is 38.0 Å². The number of benzene rings is 2. The van der Waals surface area contributed by atoms with Gasteiger partial charge in [0.2, 0.25) is 0 Å². The molecule has 0 aliphatic carbocycles. The zero-order chi connectivity index (χ0) is 21.6. The Morgan fingerprint density at radius 3 is 2.81 bits per heavy atom. The van der Waals surface area contributed by atoms with Gasteiger partial charge in [-0.25, -0.2) is 0 Å². The Hall–Kier alpha value is -1.82. The molecule has 0 saturated carbocycles. The molecule has 2 aliphatic heterocycles. The van der Waals surface area contributed by atoms with Gasteiger partial charge in [-0.15, -0.1) is 0 Å². The molecule has 0 saturated heterocycles. The highest BCUT2D eigenvalue weighted by atomic mass is 35.5. The van der Waals surface area contributed by atoms with E-state index in [1.54, 1.807) is 0 Å². The van der Waals surface area contributed by atoms with E-state index < -0.39 is 0 Å². The van der Waals surface area contributed by atoms with E-state index in [9.17, 15) is 0 Å². The number of nitrogens with one attached hydrogen (secondary N) is 1. The van der Waals surface area contributed by atoms with Gasteiger partial charge in [-0.3, -0.25) is 4.99 Å². The Bertz CT molecular complexity index is 975. The molecule has 4 nitrogen and oxygen atoms in total. The summed E-state index contributed by atoms with van der Waals surface area (Å²) in [5, 5.41) is 6.95. The molecule has 6 heteroatoms. The Kier molecular flexibility index (Phi) is 7.70. The van der Waals surface area contributed by atoms with Gasteiger partial charge in [-0.2, -0.15) is 0 Å². The second kappa shape index (κ2) is 10.7. The molecule has 166 valence electrons. The Morgan fingerprint density at radius 1 is 1.16 bits per heavy atom. The molecule has 31 heavy (non-hydrogen) atoms. The van der Waals surface area contributed by atoms with Crippen molar-refractivity contribution < 1.29 is 4.74 Å². The van der Waals surface area contributed by atoms with E-state index >= 15 is 0 Å². The molecule has 2 heterocycles. The second-order valence-corrected chi connectivity index (χ2v) is 10.5. The summed E-state index contributed by atoms with van der Waals surface area (Å²) < 4.78 is 7.88. The van der Waals surface area contributed by atoms with Gasteiger partial charge < -0.3 is 14.4 Å². The molecule has 1 N–H and O–H groups in total. The van der Waals surface area contributed by atoms with Crippen LogP contribution < -0.4 is 9.62 Å². The smallest absolute Gasteiger partial charge is 0.183 e. The first-order valence-corrected chi connectivity index (χ1v) is 12.9. The molecule has 0 spiro atoms. The molecular weight excluding hydrogens is 426 g/mol. The van der Waals surface area contributed by atoms with Crippen LogP contribution in [0.25, 0.3) is 0 Å². The number of hydrogen-bond donors (Lipinski definition) is 1. The number of hydrogen-bond acceptors (Lipinski definition) is 4. The summed E-state index contributed by atoms with van der Waals surface area (Å²) in [4.78, 5) is 5.68. The van der Waals surface area contributed by atoms with Crippen LogP contribution in [0.3, 0.4) is 0 Å². The molecule has 0 fully saturated rings. The van der Waals surface area contributed by atoms with Crippen molar-refractivity contribution in [2.75, 3.05) is 31.0 Å². The molecular formula is C25H32ClN3OS. The molecule has 0 radical (unpaired) electrons. The quantitative estimate of drug-likeness (QED) is 0.378. The third-order valence-electron chi connectivity index (χ3n) is 5.93. The van der Waals surface area contributed by atoms with E-state index in [0.717, 1.165) is 49.9 Å². The maximum absolute atomic E-state index is 6.42. The number of para-hydroxylation sites is 1. The average Bonchev–Trinajstić information content (AvgIpc) is 3.27. The molecule has 0 aromatic heterocycles. The largest absolute Gasteiger partial charge is 0.479 e. The van der Waals surface area contributed by atoms with Crippen molar-refractivity contribution in [3.8, 4) is 0 Å². The van der Waals surface area contributed by atoms with E-state index in [2.05, 4.69) is 70.4 Å². The molecule has 2 aromatic rings. The number of unbranched alkanes of at least 4 members (excludes halogenated alkanes) is 3. The van der Waals surface area contributed by atoms with Gasteiger partial charge in [-0.05, 0) is 61.0 Å². The summed E-state index contributed by atoms with van der Waals surface area (Å²) in [6.07, 6.45) is 5.74. The first-order valence-electron chi connectivity index (χ1n) is 11.2. The first-order chi connectivity index (χ1) is 15.2. The summed E-state index contributed by atoms with van der Waals surface area (Å²) in [5.41, 5.74) is 3.95. The lowest BCUT2D eigenvalue weighted by atomic mass is 9.96. The van der Waals surface area contributed by atoms with Crippen molar-refractivity contribution in [3.63, 3.8) is 0 Å². The van der Waals surface area contributed by atoms with Crippen LogP contribution in [0.15, 0.2) is 52.4 Å². The summed E-state index contributed by atoms with van der Waals surface area (Å²) in [5.74, 6) is 0.954. The van der Waals surface area contributed by atoms with Crippen molar-refractivity contribution in [3.05, 3.63) is 58.6 Å². The number of nitrogens with zero attached hydrogens (tertiary/aromatic N) is 2. The molecule has 0 bridgehead atoms. The van der Waals surface area contributed by atoms with Gasteiger partial charge in [0, 0.05) is 23.4 Å². The number of anilines is 1. The summed E-state index contributed by atoms with van der Waals surface area (Å²) in [6.45, 7) is 4.73. The lowest BCUT2D eigenvalue weighted by molar-refractivity contribution is 0.336.